The van der Waals surface area contributed by atoms with E-state index in [1.165, 1.54) is 83.7 Å². The minimum Gasteiger partial charge on any atom is -0.313 e. The third kappa shape index (κ3) is 3.22. The summed E-state index contributed by atoms with van der Waals surface area (Å²) in [5.74, 6) is 0. The zero-order chi connectivity index (χ0) is 13.8. The van der Waals surface area contributed by atoms with Crippen LogP contribution in [0.5, 0.6) is 0 Å². The van der Waals surface area contributed by atoms with Gasteiger partial charge >= 0.3 is 0 Å². The van der Waals surface area contributed by atoms with Crippen molar-refractivity contribution in [3.8, 4) is 0 Å². The van der Waals surface area contributed by atoms with Crippen molar-refractivity contribution < 1.29 is 0 Å². The highest BCUT2D eigenvalue weighted by atomic mass is 15.2. The first-order valence-electron chi connectivity index (χ1n) is 9.30. The van der Waals surface area contributed by atoms with Gasteiger partial charge in [0.2, 0.25) is 0 Å². The molecule has 0 aromatic rings. The van der Waals surface area contributed by atoms with Crippen LogP contribution in [0.3, 0.4) is 0 Å². The molecule has 1 saturated heterocycles. The molecule has 3 aliphatic rings. The summed E-state index contributed by atoms with van der Waals surface area (Å²) in [6.45, 7) is 6.17. The van der Waals surface area contributed by atoms with Crippen LogP contribution in [0.4, 0.5) is 0 Å². The summed E-state index contributed by atoms with van der Waals surface area (Å²) in [7, 11) is 0. The van der Waals surface area contributed by atoms with Crippen LogP contribution in [0.15, 0.2) is 0 Å². The zero-order valence-electron chi connectivity index (χ0n) is 13.5. The third-order valence-electron chi connectivity index (χ3n) is 6.44. The molecule has 2 atom stereocenters. The van der Waals surface area contributed by atoms with Crippen LogP contribution >= 0.6 is 0 Å². The van der Waals surface area contributed by atoms with E-state index >= 15 is 0 Å². The molecule has 2 nitrogen and oxygen atoms in total. The van der Waals surface area contributed by atoms with Gasteiger partial charge in [0.15, 0.2) is 0 Å². The Labute approximate surface area is 125 Å². The van der Waals surface area contributed by atoms with Crippen molar-refractivity contribution in [1.29, 1.82) is 0 Å². The molecule has 1 heterocycles. The maximum Gasteiger partial charge on any atom is 0.0249 e. The van der Waals surface area contributed by atoms with Crippen molar-refractivity contribution >= 4 is 0 Å². The van der Waals surface area contributed by atoms with Crippen molar-refractivity contribution in [3.63, 3.8) is 0 Å². The van der Waals surface area contributed by atoms with Gasteiger partial charge in [0.05, 0.1) is 0 Å². The summed E-state index contributed by atoms with van der Waals surface area (Å²) in [4.78, 5) is 2.86. The van der Waals surface area contributed by atoms with Gasteiger partial charge in [-0.05, 0) is 63.6 Å². The van der Waals surface area contributed by atoms with E-state index < -0.39 is 0 Å². The summed E-state index contributed by atoms with van der Waals surface area (Å²) in [5.41, 5.74) is 0.773. The van der Waals surface area contributed by atoms with Crippen molar-refractivity contribution in [2.45, 2.75) is 89.6 Å². The molecule has 0 aromatic carbocycles. The van der Waals surface area contributed by atoms with Crippen LogP contribution in [0.2, 0.25) is 0 Å². The largest absolute Gasteiger partial charge is 0.313 e. The molecule has 1 spiro atoms. The Hall–Kier alpha value is -0.0800. The quantitative estimate of drug-likeness (QED) is 0.786. The van der Waals surface area contributed by atoms with E-state index in [-0.39, 0.29) is 0 Å². The van der Waals surface area contributed by atoms with Crippen LogP contribution in [0, 0.1) is 5.41 Å². The van der Waals surface area contributed by atoms with Gasteiger partial charge in [-0.3, -0.25) is 4.90 Å². The van der Waals surface area contributed by atoms with Crippen molar-refractivity contribution in [1.82, 2.24) is 10.2 Å². The van der Waals surface area contributed by atoms with Crippen LogP contribution in [0.25, 0.3) is 0 Å². The first-order chi connectivity index (χ1) is 9.83. The summed E-state index contributed by atoms with van der Waals surface area (Å²) in [5, 5.41) is 3.79. The fourth-order valence-corrected chi connectivity index (χ4v) is 5.18. The Kier molecular flexibility index (Phi) is 5.04. The normalized spacial score (nSPS) is 35.2. The molecule has 2 saturated carbocycles. The lowest BCUT2D eigenvalue weighted by Crippen LogP contribution is -2.53. The molecule has 20 heavy (non-hydrogen) atoms. The van der Waals surface area contributed by atoms with E-state index in [1.807, 2.05) is 0 Å². The van der Waals surface area contributed by atoms with Gasteiger partial charge < -0.3 is 5.32 Å². The third-order valence-corrected chi connectivity index (χ3v) is 6.44. The Bertz CT molecular complexity index is 286. The molecule has 0 amide bonds. The summed E-state index contributed by atoms with van der Waals surface area (Å²) < 4.78 is 0. The topological polar surface area (TPSA) is 15.3 Å². The molecule has 0 radical (unpaired) electrons. The lowest BCUT2D eigenvalue weighted by Gasteiger charge is -2.45. The molecule has 0 aromatic heterocycles. The molecule has 2 unspecified atom stereocenters. The highest BCUT2D eigenvalue weighted by Crippen LogP contribution is 2.46. The first kappa shape index (κ1) is 14.8. The molecular formula is C18H34N2. The Morgan fingerprint density at radius 1 is 0.900 bits per heavy atom. The zero-order valence-corrected chi connectivity index (χ0v) is 13.5. The number of nitrogens with zero attached hydrogens (tertiary/aromatic N) is 1. The van der Waals surface area contributed by atoms with Gasteiger partial charge in [0.1, 0.15) is 0 Å². The number of likely N-dealkylation sites (tertiary alicyclic amines) is 1. The fraction of sp³-hybridized carbons (Fsp3) is 1.00. The second-order valence-electron chi connectivity index (χ2n) is 7.61. The minimum absolute atomic E-state index is 0.764. The molecule has 2 heteroatoms. The van der Waals surface area contributed by atoms with Crippen molar-refractivity contribution in [2.24, 2.45) is 5.41 Å². The average Bonchev–Trinajstić information content (AvgIpc) is 2.79. The predicted molar refractivity (Wildman–Crippen MR) is 86.0 cm³/mol. The lowest BCUT2D eigenvalue weighted by atomic mass is 9.76. The number of hydrogen-bond donors (Lipinski definition) is 1. The first-order valence-corrected chi connectivity index (χ1v) is 9.30. The van der Waals surface area contributed by atoms with Crippen LogP contribution in [-0.4, -0.2) is 36.6 Å². The highest BCUT2D eigenvalue weighted by molar-refractivity contribution is 4.94. The SMILES string of the molecule is CCNC1CCCCCC1N1CCC2(CCCC2)CC1. The molecule has 116 valence electrons. The number of hydrogen-bond acceptors (Lipinski definition) is 2. The molecule has 3 rings (SSSR count). The number of likely N-dealkylation sites (N-methyl/N-ethyl adjacent to an activating group) is 1. The van der Waals surface area contributed by atoms with Gasteiger partial charge in [0.25, 0.3) is 0 Å². The second kappa shape index (κ2) is 6.79. The average molecular weight is 278 g/mol. The molecule has 3 fully saturated rings. The number of piperidine rings is 1. The summed E-state index contributed by atoms with van der Waals surface area (Å²) in [6.07, 6.45) is 16.2. The van der Waals surface area contributed by atoms with E-state index in [4.69, 9.17) is 0 Å². The van der Waals surface area contributed by atoms with Crippen LogP contribution < -0.4 is 5.32 Å². The van der Waals surface area contributed by atoms with E-state index in [1.54, 1.807) is 0 Å². The maximum absolute atomic E-state index is 3.79. The highest BCUT2D eigenvalue weighted by Gasteiger charge is 2.39. The maximum atomic E-state index is 3.79. The van der Waals surface area contributed by atoms with Crippen LogP contribution in [-0.2, 0) is 0 Å². The second-order valence-corrected chi connectivity index (χ2v) is 7.61. The molecule has 0 bridgehead atoms. The molecule has 2 aliphatic carbocycles. The Morgan fingerprint density at radius 2 is 1.60 bits per heavy atom. The number of nitrogens with one attached hydrogen (secondary N) is 1. The fourth-order valence-electron chi connectivity index (χ4n) is 5.18. The standard InChI is InChI=1S/C18H34N2/c1-2-19-16-8-4-3-5-9-17(16)20-14-12-18(13-15-20)10-6-7-11-18/h16-17,19H,2-15H2,1H3. The van der Waals surface area contributed by atoms with Gasteiger partial charge in [-0.2, -0.15) is 0 Å². The predicted octanol–water partition coefficient (Wildman–Crippen LogP) is 3.95. The van der Waals surface area contributed by atoms with E-state index in [2.05, 4.69) is 17.1 Å². The molecular weight excluding hydrogens is 244 g/mol. The van der Waals surface area contributed by atoms with Gasteiger partial charge in [0, 0.05) is 12.1 Å². The van der Waals surface area contributed by atoms with Crippen LogP contribution in [0.1, 0.15) is 77.6 Å². The smallest absolute Gasteiger partial charge is 0.0249 e. The van der Waals surface area contributed by atoms with Gasteiger partial charge in [-0.1, -0.05) is 39.0 Å². The van der Waals surface area contributed by atoms with E-state index in [0.29, 0.717) is 0 Å². The number of rotatable bonds is 3. The van der Waals surface area contributed by atoms with E-state index in [0.717, 1.165) is 24.0 Å². The molecule has 1 aliphatic heterocycles. The summed E-state index contributed by atoms with van der Waals surface area (Å²) in [6, 6.07) is 1.59. The van der Waals surface area contributed by atoms with Crippen molar-refractivity contribution in [3.05, 3.63) is 0 Å². The van der Waals surface area contributed by atoms with Gasteiger partial charge in [-0.15, -0.1) is 0 Å². The minimum atomic E-state index is 0.764. The van der Waals surface area contributed by atoms with Gasteiger partial charge in [-0.25, -0.2) is 0 Å². The Morgan fingerprint density at radius 3 is 2.30 bits per heavy atom. The van der Waals surface area contributed by atoms with E-state index in [9.17, 15) is 0 Å². The van der Waals surface area contributed by atoms with Crippen molar-refractivity contribution in [2.75, 3.05) is 19.6 Å². The lowest BCUT2D eigenvalue weighted by molar-refractivity contribution is 0.0579. The monoisotopic (exact) mass is 278 g/mol. The summed E-state index contributed by atoms with van der Waals surface area (Å²) >= 11 is 0. The Balaban J connectivity index is 1.59. The molecule has 1 N–H and O–H groups in total.